The van der Waals surface area contributed by atoms with Crippen molar-refractivity contribution < 1.29 is 13.2 Å². The molecule has 0 aliphatic rings. The number of aromatic nitrogens is 1. The molecule has 3 N–H and O–H groups in total. The number of hydrogen-bond donors (Lipinski definition) is 3. The molecule has 158 valence electrons. The minimum atomic E-state index is -3.68. The third-order valence-corrected chi connectivity index (χ3v) is 6.79. The second kappa shape index (κ2) is 9.62. The van der Waals surface area contributed by atoms with Crippen LogP contribution in [0.15, 0.2) is 41.4 Å². The third kappa shape index (κ3) is 5.96. The summed E-state index contributed by atoms with van der Waals surface area (Å²) in [5.41, 5.74) is 5.46. The lowest BCUT2D eigenvalue weighted by molar-refractivity contribution is 0.254. The number of nitrogens with one attached hydrogen (secondary N) is 3. The fraction of sp³-hybridized carbons (Fsp3) is 0.333. The fourth-order valence-corrected chi connectivity index (χ4v) is 4.81. The summed E-state index contributed by atoms with van der Waals surface area (Å²) >= 11 is 11.7. The second-order valence-electron chi connectivity index (χ2n) is 6.73. The van der Waals surface area contributed by atoms with E-state index in [0.29, 0.717) is 15.7 Å². The summed E-state index contributed by atoms with van der Waals surface area (Å²) in [6.45, 7) is 7.27. The van der Waals surface area contributed by atoms with Crippen molar-refractivity contribution in [3.05, 3.63) is 46.6 Å². The lowest BCUT2D eigenvalue weighted by Crippen LogP contribution is -2.42. The van der Waals surface area contributed by atoms with Gasteiger partial charge in [0.15, 0.2) is 0 Å². The summed E-state index contributed by atoms with van der Waals surface area (Å²) in [4.78, 5) is 16.1. The molecule has 11 heteroatoms. The summed E-state index contributed by atoms with van der Waals surface area (Å²) in [5, 5.41) is 3.26. The van der Waals surface area contributed by atoms with E-state index < -0.39 is 16.1 Å². The second-order valence-corrected chi connectivity index (χ2v) is 9.39. The van der Waals surface area contributed by atoms with E-state index in [0.717, 1.165) is 0 Å². The van der Waals surface area contributed by atoms with E-state index in [1.165, 1.54) is 28.7 Å². The van der Waals surface area contributed by atoms with Crippen LogP contribution in [0, 0.1) is 0 Å². The van der Waals surface area contributed by atoms with Gasteiger partial charge in [-0.3, -0.25) is 10.9 Å². The summed E-state index contributed by atoms with van der Waals surface area (Å²) < 4.78 is 27.0. The van der Waals surface area contributed by atoms with Gasteiger partial charge in [-0.05, 0) is 58.0 Å². The number of carbonyl (C=O) groups is 1. The van der Waals surface area contributed by atoms with Crippen LogP contribution in [0.3, 0.4) is 0 Å². The Morgan fingerprint density at radius 2 is 1.69 bits per heavy atom. The van der Waals surface area contributed by atoms with E-state index in [9.17, 15) is 13.2 Å². The topological polar surface area (TPSA) is 103 Å². The van der Waals surface area contributed by atoms with E-state index in [2.05, 4.69) is 21.2 Å². The maximum atomic E-state index is 12.8. The number of halogens is 2. The minimum Gasteiger partial charge on any atom is -0.307 e. The molecule has 2 aromatic rings. The first-order chi connectivity index (χ1) is 13.5. The standard InChI is InChI=1S/C18H23Cl2N5O3S/c1-11(2)25(12(3)4)29(27,28)14-6-8-17(21-10-14)23-24-18(26)22-13-5-7-15(19)16(20)9-13/h5-12H,1-4H3,(H,21,23)(H2,22,24,26). The number of amides is 2. The van der Waals surface area contributed by atoms with Crippen LogP contribution in [0.4, 0.5) is 16.3 Å². The van der Waals surface area contributed by atoms with Gasteiger partial charge in [0.2, 0.25) is 10.0 Å². The molecule has 0 fully saturated rings. The van der Waals surface area contributed by atoms with Crippen molar-refractivity contribution >= 4 is 50.8 Å². The number of sulfonamides is 1. The van der Waals surface area contributed by atoms with Crippen molar-refractivity contribution in [3.8, 4) is 0 Å². The molecule has 1 heterocycles. The minimum absolute atomic E-state index is 0.0747. The normalized spacial score (nSPS) is 11.8. The molecule has 0 radical (unpaired) electrons. The van der Waals surface area contributed by atoms with Crippen molar-refractivity contribution in [2.45, 2.75) is 44.7 Å². The lowest BCUT2D eigenvalue weighted by atomic mass is 10.3. The molecule has 29 heavy (non-hydrogen) atoms. The molecule has 0 aliphatic carbocycles. The summed E-state index contributed by atoms with van der Waals surface area (Å²) in [5.74, 6) is 0.272. The average molecular weight is 460 g/mol. The third-order valence-electron chi connectivity index (χ3n) is 3.81. The smallest absolute Gasteiger partial charge is 0.307 e. The molecule has 2 amide bonds. The van der Waals surface area contributed by atoms with Crippen molar-refractivity contribution in [2.24, 2.45) is 0 Å². The molecule has 1 aromatic heterocycles. The highest BCUT2D eigenvalue weighted by Crippen LogP contribution is 2.25. The monoisotopic (exact) mass is 459 g/mol. The Hall–Kier alpha value is -2.07. The van der Waals surface area contributed by atoms with Crippen LogP contribution in [0.1, 0.15) is 27.7 Å². The molecular weight excluding hydrogens is 437 g/mol. The van der Waals surface area contributed by atoms with Crippen molar-refractivity contribution in [1.82, 2.24) is 14.7 Å². The predicted octanol–water partition coefficient (Wildman–Crippen LogP) is 4.34. The van der Waals surface area contributed by atoms with Crippen LogP contribution in [-0.4, -0.2) is 35.8 Å². The van der Waals surface area contributed by atoms with Crippen LogP contribution in [0.5, 0.6) is 0 Å². The maximum Gasteiger partial charge on any atom is 0.337 e. The number of carbonyl (C=O) groups excluding carboxylic acids is 1. The molecule has 1 aromatic carbocycles. The van der Waals surface area contributed by atoms with Gasteiger partial charge in [-0.2, -0.15) is 4.31 Å². The Bertz CT molecular complexity index is 958. The van der Waals surface area contributed by atoms with Gasteiger partial charge in [0.25, 0.3) is 0 Å². The van der Waals surface area contributed by atoms with Gasteiger partial charge in [0, 0.05) is 24.0 Å². The van der Waals surface area contributed by atoms with Crippen molar-refractivity contribution in [1.29, 1.82) is 0 Å². The van der Waals surface area contributed by atoms with Gasteiger partial charge < -0.3 is 5.32 Å². The van der Waals surface area contributed by atoms with E-state index in [1.807, 2.05) is 27.7 Å². The van der Waals surface area contributed by atoms with E-state index in [-0.39, 0.29) is 22.8 Å². The number of nitrogens with zero attached hydrogens (tertiary/aromatic N) is 2. The molecule has 2 rings (SSSR count). The van der Waals surface area contributed by atoms with Crippen molar-refractivity contribution in [2.75, 3.05) is 10.7 Å². The van der Waals surface area contributed by atoms with Crippen LogP contribution in [-0.2, 0) is 10.0 Å². The van der Waals surface area contributed by atoms with Gasteiger partial charge in [0.1, 0.15) is 10.7 Å². The van der Waals surface area contributed by atoms with Crippen molar-refractivity contribution in [3.63, 3.8) is 0 Å². The zero-order valence-electron chi connectivity index (χ0n) is 16.4. The summed E-state index contributed by atoms with van der Waals surface area (Å²) in [6.07, 6.45) is 1.24. The Morgan fingerprint density at radius 3 is 2.21 bits per heavy atom. The predicted molar refractivity (Wildman–Crippen MR) is 116 cm³/mol. The molecular formula is C18H23Cl2N5O3S. The van der Waals surface area contributed by atoms with Gasteiger partial charge in [-0.15, -0.1) is 0 Å². The molecule has 0 aliphatic heterocycles. The number of rotatable bonds is 7. The Morgan fingerprint density at radius 1 is 1.03 bits per heavy atom. The van der Waals surface area contributed by atoms with Gasteiger partial charge in [-0.25, -0.2) is 18.2 Å². The molecule has 0 bridgehead atoms. The Balaban J connectivity index is 2.01. The quantitative estimate of drug-likeness (QED) is 0.534. The van der Waals surface area contributed by atoms with E-state index >= 15 is 0 Å². The molecule has 0 unspecified atom stereocenters. The van der Waals surface area contributed by atoms with Gasteiger partial charge in [-0.1, -0.05) is 23.2 Å². The Labute approximate surface area is 180 Å². The number of hydrazine groups is 1. The number of hydrogen-bond acceptors (Lipinski definition) is 5. The molecule has 0 spiro atoms. The fourth-order valence-electron chi connectivity index (χ4n) is 2.74. The van der Waals surface area contributed by atoms with Gasteiger partial charge >= 0.3 is 6.03 Å². The highest BCUT2D eigenvalue weighted by atomic mass is 35.5. The largest absolute Gasteiger partial charge is 0.337 e. The highest BCUT2D eigenvalue weighted by Gasteiger charge is 2.29. The van der Waals surface area contributed by atoms with Crippen LogP contribution in [0.2, 0.25) is 10.0 Å². The molecule has 0 saturated heterocycles. The first-order valence-corrected chi connectivity index (χ1v) is 11.0. The SMILES string of the molecule is CC(C)N(C(C)C)S(=O)(=O)c1ccc(NNC(=O)Nc2ccc(Cl)c(Cl)c2)nc1. The number of benzene rings is 1. The van der Waals surface area contributed by atoms with Crippen LogP contribution < -0.4 is 16.2 Å². The number of pyridine rings is 1. The average Bonchev–Trinajstić information content (AvgIpc) is 2.62. The molecule has 8 nitrogen and oxygen atoms in total. The van der Waals surface area contributed by atoms with E-state index in [4.69, 9.17) is 23.2 Å². The van der Waals surface area contributed by atoms with E-state index in [1.54, 1.807) is 12.1 Å². The lowest BCUT2D eigenvalue weighted by Gasteiger charge is -2.29. The Kier molecular flexibility index (Phi) is 7.70. The highest BCUT2D eigenvalue weighted by molar-refractivity contribution is 7.89. The van der Waals surface area contributed by atoms with Crippen LogP contribution >= 0.6 is 23.2 Å². The number of urea groups is 1. The molecule has 0 saturated carbocycles. The number of anilines is 2. The zero-order chi connectivity index (χ0) is 21.8. The maximum absolute atomic E-state index is 12.8. The summed E-state index contributed by atoms with van der Waals surface area (Å²) in [6, 6.07) is 6.62. The zero-order valence-corrected chi connectivity index (χ0v) is 18.7. The first-order valence-electron chi connectivity index (χ1n) is 8.80. The summed E-state index contributed by atoms with van der Waals surface area (Å²) in [7, 11) is -3.68. The van der Waals surface area contributed by atoms with Crippen LogP contribution in [0.25, 0.3) is 0 Å². The first kappa shape index (κ1) is 23.2. The molecule has 0 atom stereocenters. The van der Waals surface area contributed by atoms with Gasteiger partial charge in [0.05, 0.1) is 10.0 Å².